The monoisotopic (exact) mass is 1100 g/mol. The summed E-state index contributed by atoms with van der Waals surface area (Å²) in [5.41, 5.74) is 24.1. The van der Waals surface area contributed by atoms with E-state index in [2.05, 4.69) is 220 Å². The summed E-state index contributed by atoms with van der Waals surface area (Å²) in [6.45, 7) is 5.96. The fourth-order valence-corrected chi connectivity index (χ4v) is 13.7. The second-order valence-electron chi connectivity index (χ2n) is 22.8. The average molecular weight is 1100 g/mol. The van der Waals surface area contributed by atoms with Gasteiger partial charge in [-0.3, -0.25) is 0 Å². The summed E-state index contributed by atoms with van der Waals surface area (Å²) < 4.78 is 25.3. The van der Waals surface area contributed by atoms with Crippen molar-refractivity contribution < 1.29 is 18.9 Å². The van der Waals surface area contributed by atoms with Crippen LogP contribution < -0.4 is 18.9 Å². The Balaban J connectivity index is 1.08. The number of fused-ring (bicyclic) bond motifs is 7. The quantitative estimate of drug-likeness (QED) is 0.0565. The second kappa shape index (κ2) is 24.5. The van der Waals surface area contributed by atoms with E-state index in [0.29, 0.717) is 24.7 Å². The fraction of sp³-hybridized carbons (Fsp3) is 0.225. The molecule has 0 aromatic heterocycles. The van der Waals surface area contributed by atoms with Gasteiger partial charge in [-0.05, 0) is 182 Å². The van der Waals surface area contributed by atoms with Crippen LogP contribution in [-0.2, 0) is 0 Å². The molecule has 0 bridgehead atoms. The smallest absolute Gasteiger partial charge is 0.161 e. The Morgan fingerprint density at radius 2 is 0.536 bits per heavy atom. The summed E-state index contributed by atoms with van der Waals surface area (Å²) in [4.78, 5) is 0. The molecule has 0 heterocycles. The van der Waals surface area contributed by atoms with Gasteiger partial charge >= 0.3 is 0 Å². The molecule has 84 heavy (non-hydrogen) atoms. The third-order valence-corrected chi connectivity index (χ3v) is 17.6. The van der Waals surface area contributed by atoms with Gasteiger partial charge in [0.2, 0.25) is 0 Å². The number of benzene rings is 11. The lowest BCUT2D eigenvalue weighted by Crippen LogP contribution is -1.99. The molecule has 0 unspecified atom stereocenters. The molecule has 11 aromatic rings. The summed E-state index contributed by atoms with van der Waals surface area (Å²) in [6, 6.07) is 76.3. The van der Waals surface area contributed by atoms with E-state index in [-0.39, 0.29) is 0 Å². The van der Waals surface area contributed by atoms with Crippen molar-refractivity contribution in [3.63, 3.8) is 0 Å². The van der Waals surface area contributed by atoms with Crippen LogP contribution in [0.2, 0.25) is 0 Å². The number of hydrogen-bond donors (Lipinski definition) is 0. The zero-order chi connectivity index (χ0) is 56.9. The van der Waals surface area contributed by atoms with Gasteiger partial charge in [-0.25, -0.2) is 0 Å². The molecule has 11 aromatic carbocycles. The molecule has 0 N–H and O–H groups in total. The van der Waals surface area contributed by atoms with Crippen LogP contribution in [0.4, 0.5) is 0 Å². The van der Waals surface area contributed by atoms with Crippen LogP contribution in [0.25, 0.3) is 133 Å². The maximum atomic E-state index is 6.46. The molecule has 418 valence electrons. The fourth-order valence-electron chi connectivity index (χ4n) is 13.7. The third kappa shape index (κ3) is 10.00. The summed E-state index contributed by atoms with van der Waals surface area (Å²) >= 11 is 0. The van der Waals surface area contributed by atoms with Gasteiger partial charge in [0, 0.05) is 0 Å². The molecule has 4 heteroatoms. The van der Waals surface area contributed by atoms with E-state index in [1.165, 1.54) is 164 Å². The molecule has 0 saturated heterocycles. The minimum Gasteiger partial charge on any atom is -0.494 e. The van der Waals surface area contributed by atoms with Crippen LogP contribution in [0.15, 0.2) is 206 Å². The minimum absolute atomic E-state index is 0.687. The Kier molecular flexibility index (Phi) is 15.9. The van der Waals surface area contributed by atoms with E-state index in [9.17, 15) is 0 Å². The largest absolute Gasteiger partial charge is 0.494 e. The lowest BCUT2D eigenvalue weighted by Gasteiger charge is -2.26. The Morgan fingerprint density at radius 1 is 0.262 bits per heavy atom. The molecule has 0 radical (unpaired) electrons. The van der Waals surface area contributed by atoms with Crippen molar-refractivity contribution in [2.24, 2.45) is 0 Å². The summed E-state index contributed by atoms with van der Waals surface area (Å²) in [5, 5.41) is 4.73. The van der Waals surface area contributed by atoms with Crippen molar-refractivity contribution in [1.29, 1.82) is 0 Å². The highest BCUT2D eigenvalue weighted by Crippen LogP contribution is 2.66. The number of ether oxygens (including phenoxy) is 4. The van der Waals surface area contributed by atoms with Gasteiger partial charge in [0.25, 0.3) is 0 Å². The van der Waals surface area contributed by atoms with E-state index in [1.54, 1.807) is 14.2 Å². The minimum atomic E-state index is 0.687. The van der Waals surface area contributed by atoms with Crippen molar-refractivity contribution >= 4 is 21.5 Å². The van der Waals surface area contributed by atoms with Crippen LogP contribution in [0, 0.1) is 0 Å². The lowest BCUT2D eigenvalue weighted by molar-refractivity contribution is 0.304. The van der Waals surface area contributed by atoms with Crippen LogP contribution in [0.5, 0.6) is 23.0 Å². The number of rotatable bonds is 24. The molecule has 0 amide bonds. The van der Waals surface area contributed by atoms with E-state index in [1.807, 2.05) is 0 Å². The molecule has 0 atom stereocenters. The SMILES string of the molecule is CCCCCCCCOc1ccc(-c2c3c(c(-c4ccc(OCCCCCCCC)cc4)c4cc(OC)c(OC)cc24)-c2ccc4c5c(ccc-3c25)-c2c(-c3ccccc3)c(-c3ccccc3)c(-c3ccccc3)c(-c3ccccc3)c2-4)cc1. The standard InChI is InChI=1S/C80H74O4/c1-5-7-9-11-13-27-49-83-59-41-37-57(38-42-59)69-65-51-67(81-3)68(82-4)52-66(65)70(58-39-43-60(44-40-58)84-50-28-14-12-10-8-6-2)78-62-46-48-64-76-63(47-45-61(75(62)76)77(69)78)79-73(55-33-23-17-24-34-55)71(53-29-19-15-20-30-53)72(54-31-21-16-22-32-54)74(80(64)79)56-35-25-18-26-36-56/h15-26,29-48,51-52H,5-14,27-28,49-50H2,1-4H3. The molecule has 0 fully saturated rings. The van der Waals surface area contributed by atoms with E-state index >= 15 is 0 Å². The molecule has 0 aliphatic heterocycles. The maximum absolute atomic E-state index is 6.46. The van der Waals surface area contributed by atoms with Crippen LogP contribution >= 0.6 is 0 Å². The van der Waals surface area contributed by atoms with Crippen molar-refractivity contribution in [2.45, 2.75) is 90.9 Å². The van der Waals surface area contributed by atoms with Crippen molar-refractivity contribution in [1.82, 2.24) is 0 Å². The average Bonchev–Trinajstić information content (AvgIpc) is 2.07. The van der Waals surface area contributed by atoms with E-state index < -0.39 is 0 Å². The number of methoxy groups -OCH3 is 2. The molecule has 2 aliphatic carbocycles. The molecule has 13 rings (SSSR count). The Labute approximate surface area is 496 Å². The predicted octanol–water partition coefficient (Wildman–Crippen LogP) is 22.8. The lowest BCUT2D eigenvalue weighted by atomic mass is 9.76. The third-order valence-electron chi connectivity index (χ3n) is 17.6. The van der Waals surface area contributed by atoms with Crippen LogP contribution in [0.3, 0.4) is 0 Å². The van der Waals surface area contributed by atoms with Crippen molar-refractivity contribution in [3.05, 3.63) is 206 Å². The number of unbranched alkanes of at least 4 members (excludes halogenated alkanes) is 10. The van der Waals surface area contributed by atoms with Crippen molar-refractivity contribution in [3.8, 4) is 134 Å². The summed E-state index contributed by atoms with van der Waals surface area (Å²) in [7, 11) is 3.48. The van der Waals surface area contributed by atoms with Gasteiger partial charge in [0.15, 0.2) is 11.5 Å². The zero-order valence-corrected chi connectivity index (χ0v) is 49.2. The molecular formula is C80H74O4. The topological polar surface area (TPSA) is 36.9 Å². The summed E-state index contributed by atoms with van der Waals surface area (Å²) in [6.07, 6.45) is 14.7. The first kappa shape index (κ1) is 54.4. The maximum Gasteiger partial charge on any atom is 0.161 e. The van der Waals surface area contributed by atoms with Gasteiger partial charge in [0.1, 0.15) is 11.5 Å². The predicted molar refractivity (Wildman–Crippen MR) is 354 cm³/mol. The highest BCUT2D eigenvalue weighted by Gasteiger charge is 2.39. The molecule has 4 nitrogen and oxygen atoms in total. The second-order valence-corrected chi connectivity index (χ2v) is 22.8. The normalized spacial score (nSPS) is 11.8. The Hall–Kier alpha value is -8.86. The molecular weight excluding hydrogens is 1020 g/mol. The van der Waals surface area contributed by atoms with Gasteiger partial charge in [-0.1, -0.05) is 248 Å². The first-order valence-corrected chi connectivity index (χ1v) is 30.9. The Morgan fingerprint density at radius 3 is 0.845 bits per heavy atom. The van der Waals surface area contributed by atoms with Gasteiger partial charge in [-0.2, -0.15) is 0 Å². The first-order valence-electron chi connectivity index (χ1n) is 30.9. The molecule has 2 aliphatic rings. The van der Waals surface area contributed by atoms with Gasteiger partial charge in [-0.15, -0.1) is 0 Å². The van der Waals surface area contributed by atoms with Crippen molar-refractivity contribution in [2.75, 3.05) is 27.4 Å². The molecule has 0 spiro atoms. The molecule has 0 saturated carbocycles. The highest BCUT2D eigenvalue weighted by molar-refractivity contribution is 6.35. The zero-order valence-electron chi connectivity index (χ0n) is 49.2. The van der Waals surface area contributed by atoms with E-state index in [4.69, 9.17) is 18.9 Å². The van der Waals surface area contributed by atoms with E-state index in [0.717, 1.165) is 57.4 Å². The Bertz CT molecular complexity index is 3860. The van der Waals surface area contributed by atoms with Crippen LogP contribution in [0.1, 0.15) is 90.9 Å². The highest BCUT2D eigenvalue weighted by atomic mass is 16.5. The first-order chi connectivity index (χ1) is 41.6. The van der Waals surface area contributed by atoms with Gasteiger partial charge in [0.05, 0.1) is 27.4 Å². The van der Waals surface area contributed by atoms with Gasteiger partial charge < -0.3 is 18.9 Å². The number of hydrogen-bond acceptors (Lipinski definition) is 4. The van der Waals surface area contributed by atoms with Crippen LogP contribution in [-0.4, -0.2) is 27.4 Å². The summed E-state index contributed by atoms with van der Waals surface area (Å²) in [5.74, 6) is 3.15.